The van der Waals surface area contributed by atoms with E-state index in [2.05, 4.69) is 27.9 Å². The van der Waals surface area contributed by atoms with Gasteiger partial charge in [-0.25, -0.2) is 0 Å². The van der Waals surface area contributed by atoms with E-state index in [4.69, 9.17) is 4.52 Å². The molecular weight excluding hydrogens is 292 g/mol. The number of hydrogen-bond donors (Lipinski definition) is 0. The summed E-state index contributed by atoms with van der Waals surface area (Å²) in [4.78, 5) is 14.8. The van der Waals surface area contributed by atoms with Crippen molar-refractivity contribution in [2.45, 2.75) is 53.0 Å². The second-order valence-corrected chi connectivity index (χ2v) is 6.33. The first-order valence-corrected chi connectivity index (χ1v) is 8.28. The SMILES string of the molecule is CCc1noc(C)c1C(=O)N1CCC[C@H](n2nc(C)cc2C)C1. The lowest BCUT2D eigenvalue weighted by atomic mass is 10.0. The van der Waals surface area contributed by atoms with E-state index >= 15 is 0 Å². The van der Waals surface area contributed by atoms with Gasteiger partial charge < -0.3 is 9.42 Å². The summed E-state index contributed by atoms with van der Waals surface area (Å²) in [7, 11) is 0. The Bertz CT molecular complexity index is 716. The lowest BCUT2D eigenvalue weighted by Gasteiger charge is -2.33. The molecule has 1 atom stereocenters. The molecule has 0 aliphatic carbocycles. The zero-order chi connectivity index (χ0) is 16.6. The Balaban J connectivity index is 1.82. The van der Waals surface area contributed by atoms with E-state index in [0.29, 0.717) is 24.3 Å². The number of nitrogens with zero attached hydrogens (tertiary/aromatic N) is 4. The maximum Gasteiger partial charge on any atom is 0.259 e. The van der Waals surface area contributed by atoms with Crippen LogP contribution in [0.15, 0.2) is 10.6 Å². The van der Waals surface area contributed by atoms with Gasteiger partial charge in [0, 0.05) is 18.8 Å². The average molecular weight is 316 g/mol. The summed E-state index contributed by atoms with van der Waals surface area (Å²) in [5, 5.41) is 8.59. The Kier molecular flexibility index (Phi) is 4.24. The lowest BCUT2D eigenvalue weighted by Crippen LogP contribution is -2.41. The average Bonchev–Trinajstić information content (AvgIpc) is 3.08. The van der Waals surface area contributed by atoms with Crippen LogP contribution in [0.25, 0.3) is 0 Å². The molecule has 0 spiro atoms. The highest BCUT2D eigenvalue weighted by atomic mass is 16.5. The summed E-state index contributed by atoms with van der Waals surface area (Å²) in [5.41, 5.74) is 3.56. The minimum Gasteiger partial charge on any atom is -0.361 e. The zero-order valence-electron chi connectivity index (χ0n) is 14.3. The Morgan fingerprint density at radius 3 is 2.83 bits per heavy atom. The lowest BCUT2D eigenvalue weighted by molar-refractivity contribution is 0.0669. The highest BCUT2D eigenvalue weighted by Crippen LogP contribution is 2.25. The van der Waals surface area contributed by atoms with Gasteiger partial charge in [-0.1, -0.05) is 12.1 Å². The third kappa shape index (κ3) is 2.90. The molecule has 23 heavy (non-hydrogen) atoms. The molecule has 3 heterocycles. The van der Waals surface area contributed by atoms with Crippen LogP contribution in [0.4, 0.5) is 0 Å². The van der Waals surface area contributed by atoms with E-state index in [9.17, 15) is 4.79 Å². The molecule has 0 bridgehead atoms. The Hall–Kier alpha value is -2.11. The summed E-state index contributed by atoms with van der Waals surface area (Å²) >= 11 is 0. The normalized spacial score (nSPS) is 18.4. The van der Waals surface area contributed by atoms with Gasteiger partial charge in [-0.3, -0.25) is 9.48 Å². The molecule has 1 aliphatic rings. The van der Waals surface area contributed by atoms with Crippen LogP contribution < -0.4 is 0 Å². The first-order valence-electron chi connectivity index (χ1n) is 8.28. The molecule has 3 rings (SSSR count). The minimum atomic E-state index is 0.0341. The summed E-state index contributed by atoms with van der Waals surface area (Å²) in [5.74, 6) is 0.645. The van der Waals surface area contributed by atoms with Gasteiger partial charge in [0.2, 0.25) is 0 Å². The van der Waals surface area contributed by atoms with Crippen molar-refractivity contribution in [1.82, 2.24) is 19.8 Å². The van der Waals surface area contributed by atoms with Crippen molar-refractivity contribution >= 4 is 5.91 Å². The van der Waals surface area contributed by atoms with Gasteiger partial charge in [-0.2, -0.15) is 5.10 Å². The molecule has 0 saturated carbocycles. The topological polar surface area (TPSA) is 64.2 Å². The number of hydrogen-bond acceptors (Lipinski definition) is 4. The van der Waals surface area contributed by atoms with E-state index in [-0.39, 0.29) is 11.9 Å². The molecule has 0 aromatic carbocycles. The Labute approximate surface area is 136 Å². The van der Waals surface area contributed by atoms with Gasteiger partial charge in [-0.05, 0) is 46.1 Å². The van der Waals surface area contributed by atoms with Crippen molar-refractivity contribution in [3.8, 4) is 0 Å². The van der Waals surface area contributed by atoms with Crippen LogP contribution in [0.3, 0.4) is 0 Å². The minimum absolute atomic E-state index is 0.0341. The number of aryl methyl sites for hydroxylation is 4. The van der Waals surface area contributed by atoms with Gasteiger partial charge in [0.25, 0.3) is 5.91 Å². The molecular formula is C17H24N4O2. The van der Waals surface area contributed by atoms with E-state index in [1.807, 2.05) is 25.7 Å². The van der Waals surface area contributed by atoms with Gasteiger partial charge in [-0.15, -0.1) is 0 Å². The van der Waals surface area contributed by atoms with Crippen molar-refractivity contribution in [3.05, 3.63) is 34.5 Å². The Morgan fingerprint density at radius 1 is 1.39 bits per heavy atom. The van der Waals surface area contributed by atoms with E-state index in [0.717, 1.165) is 36.5 Å². The maximum atomic E-state index is 12.9. The number of carbonyl (C=O) groups is 1. The molecule has 0 unspecified atom stereocenters. The fraction of sp³-hybridized carbons (Fsp3) is 0.588. The van der Waals surface area contributed by atoms with Gasteiger partial charge in [0.1, 0.15) is 11.3 Å². The van der Waals surface area contributed by atoms with Crippen molar-refractivity contribution < 1.29 is 9.32 Å². The predicted octanol–water partition coefficient (Wildman–Crippen LogP) is 2.84. The molecule has 6 nitrogen and oxygen atoms in total. The van der Waals surface area contributed by atoms with Crippen molar-refractivity contribution in [2.24, 2.45) is 0 Å². The van der Waals surface area contributed by atoms with Crippen LogP contribution in [0.5, 0.6) is 0 Å². The van der Waals surface area contributed by atoms with Crippen molar-refractivity contribution in [1.29, 1.82) is 0 Å². The fourth-order valence-corrected chi connectivity index (χ4v) is 3.45. The maximum absolute atomic E-state index is 12.9. The van der Waals surface area contributed by atoms with Crippen LogP contribution in [-0.4, -0.2) is 38.8 Å². The second kappa shape index (κ2) is 6.18. The van der Waals surface area contributed by atoms with Crippen LogP contribution >= 0.6 is 0 Å². The number of piperidine rings is 1. The largest absolute Gasteiger partial charge is 0.361 e. The Morgan fingerprint density at radius 2 is 2.17 bits per heavy atom. The molecule has 124 valence electrons. The summed E-state index contributed by atoms with van der Waals surface area (Å²) < 4.78 is 7.28. The predicted molar refractivity (Wildman–Crippen MR) is 86.5 cm³/mol. The summed E-state index contributed by atoms with van der Waals surface area (Å²) in [6.45, 7) is 9.34. The van der Waals surface area contributed by atoms with Crippen molar-refractivity contribution in [3.63, 3.8) is 0 Å². The van der Waals surface area contributed by atoms with Crippen LogP contribution in [0, 0.1) is 20.8 Å². The van der Waals surface area contributed by atoms with Crippen LogP contribution in [0.2, 0.25) is 0 Å². The van der Waals surface area contributed by atoms with Crippen LogP contribution in [-0.2, 0) is 6.42 Å². The number of amides is 1. The molecule has 1 aliphatic heterocycles. The molecule has 1 amide bonds. The molecule has 2 aromatic rings. The second-order valence-electron chi connectivity index (χ2n) is 6.33. The monoisotopic (exact) mass is 316 g/mol. The van der Waals surface area contributed by atoms with Gasteiger partial charge in [0.05, 0.1) is 17.4 Å². The molecule has 0 radical (unpaired) electrons. The summed E-state index contributed by atoms with van der Waals surface area (Å²) in [6, 6.07) is 2.33. The molecule has 1 saturated heterocycles. The number of carbonyl (C=O) groups excluding carboxylic acids is 1. The number of rotatable bonds is 3. The molecule has 0 N–H and O–H groups in total. The first-order chi connectivity index (χ1) is 11.0. The highest BCUT2D eigenvalue weighted by molar-refractivity contribution is 5.96. The fourth-order valence-electron chi connectivity index (χ4n) is 3.45. The summed E-state index contributed by atoms with van der Waals surface area (Å²) in [6.07, 6.45) is 2.74. The highest BCUT2D eigenvalue weighted by Gasteiger charge is 2.30. The molecule has 2 aromatic heterocycles. The van der Waals surface area contributed by atoms with E-state index < -0.39 is 0 Å². The number of aromatic nitrogens is 3. The third-order valence-corrected chi connectivity index (χ3v) is 4.56. The van der Waals surface area contributed by atoms with Crippen molar-refractivity contribution in [2.75, 3.05) is 13.1 Å². The first kappa shape index (κ1) is 15.8. The zero-order valence-corrected chi connectivity index (χ0v) is 14.3. The standard InChI is InChI=1S/C17H24N4O2/c1-5-15-16(13(4)23-19-15)17(22)20-8-6-7-14(10-20)21-12(3)9-11(2)18-21/h9,14H,5-8,10H2,1-4H3/t14-/m0/s1. The molecule has 1 fully saturated rings. The number of likely N-dealkylation sites (tertiary alicyclic amines) is 1. The quantitative estimate of drug-likeness (QED) is 0.873. The third-order valence-electron chi connectivity index (χ3n) is 4.56. The van der Waals surface area contributed by atoms with Gasteiger partial charge >= 0.3 is 0 Å². The van der Waals surface area contributed by atoms with Gasteiger partial charge in [0.15, 0.2) is 0 Å². The van der Waals surface area contributed by atoms with E-state index in [1.54, 1.807) is 0 Å². The molecule has 6 heteroatoms. The smallest absolute Gasteiger partial charge is 0.259 e. The van der Waals surface area contributed by atoms with E-state index in [1.165, 1.54) is 0 Å². The van der Waals surface area contributed by atoms with Crippen LogP contribution in [0.1, 0.15) is 59.0 Å².